The molecule has 0 amide bonds. The summed E-state index contributed by atoms with van der Waals surface area (Å²) < 4.78 is 98.1. The third-order valence-electron chi connectivity index (χ3n) is 15.8. The molecule has 2 aliphatic rings. The van der Waals surface area contributed by atoms with Gasteiger partial charge in [-0.25, -0.2) is 4.98 Å². The number of thiophene rings is 2. The van der Waals surface area contributed by atoms with Gasteiger partial charge in [0.1, 0.15) is 10.8 Å². The van der Waals surface area contributed by atoms with Gasteiger partial charge in [0, 0.05) is 36.1 Å². The minimum atomic E-state index is -5.66. The van der Waals surface area contributed by atoms with E-state index in [0.717, 1.165) is 130 Å². The number of fused-ring (bicyclic) bond motifs is 4. The number of halogens is 6. The number of phenolic OH excluding ortho intramolecular Hbond substituents is 1. The van der Waals surface area contributed by atoms with Gasteiger partial charge < -0.3 is 5.11 Å². The summed E-state index contributed by atoms with van der Waals surface area (Å²) in [5, 5.41) is 11.5. The molecule has 0 saturated heterocycles. The maximum atomic E-state index is 16.5. The lowest BCUT2D eigenvalue weighted by molar-refractivity contribution is -0.254. The van der Waals surface area contributed by atoms with Gasteiger partial charge in [-0.1, -0.05) is 163 Å². The average Bonchev–Trinajstić information content (AvgIpc) is 4.19. The molecular formula is C64H63F6NOS3. The van der Waals surface area contributed by atoms with Crippen LogP contribution in [0.4, 0.5) is 26.3 Å². The van der Waals surface area contributed by atoms with Gasteiger partial charge in [0.25, 0.3) is 0 Å². The lowest BCUT2D eigenvalue weighted by Gasteiger charge is -2.33. The van der Waals surface area contributed by atoms with Crippen LogP contribution in [0.2, 0.25) is 0 Å². The predicted molar refractivity (Wildman–Crippen MR) is 303 cm³/mol. The fraction of sp³-hybridized carbons (Fsp3) is 0.359. The number of rotatable bonds is 20. The van der Waals surface area contributed by atoms with Crippen LogP contribution < -0.4 is 0 Å². The quantitative estimate of drug-likeness (QED) is 0.0609. The molecule has 8 aromatic rings. The number of allylic oxidation sites excluding steroid dienone is 2. The normalized spacial score (nSPS) is 16.0. The second-order valence-corrected chi connectivity index (χ2v) is 24.4. The maximum absolute atomic E-state index is 16.5. The second kappa shape index (κ2) is 21.1. The van der Waals surface area contributed by atoms with Crippen molar-refractivity contribution in [3.63, 3.8) is 0 Å². The first-order valence-corrected chi connectivity index (χ1v) is 29.1. The molecule has 0 aliphatic heterocycles. The smallest absolute Gasteiger partial charge is 0.380 e. The standard InChI is InChI=1S/C64H63F6NOS3/c1-6-8-10-12-14-19-31-61(32-20-15-13-11-9-7-2)51-34-43(44-26-29-53-57(36-44)75-60(71-53)50-33-39(3)23-30-54(50)72)24-27-46(51)47-28-25-45(35-52(47)61)56-38-49(41(5)74-56)59-58(62(65,66)64(69,70)63(59,67)68)48-37-55(73-40(48)4)42-21-17-16-18-22-42/h16-18,21-30,33-38,72H,6-15,19-20,31-32H2,1-5H3. The highest BCUT2D eigenvalue weighted by Gasteiger charge is 2.80. The first-order valence-electron chi connectivity index (χ1n) is 26.7. The van der Waals surface area contributed by atoms with E-state index in [4.69, 9.17) is 4.98 Å². The Morgan fingerprint density at radius 3 is 1.56 bits per heavy atom. The molecule has 10 rings (SSSR count). The van der Waals surface area contributed by atoms with Crippen molar-refractivity contribution in [2.24, 2.45) is 0 Å². The van der Waals surface area contributed by atoms with E-state index in [0.29, 0.717) is 20.9 Å². The Morgan fingerprint density at radius 1 is 0.467 bits per heavy atom. The highest BCUT2D eigenvalue weighted by Crippen LogP contribution is 2.66. The number of aryl methyl sites for hydroxylation is 3. The first-order chi connectivity index (χ1) is 36.0. The molecular weight excluding hydrogens is 1010 g/mol. The predicted octanol–water partition coefficient (Wildman–Crippen LogP) is 21.3. The monoisotopic (exact) mass is 1070 g/mol. The van der Waals surface area contributed by atoms with Gasteiger partial charge in [-0.05, 0) is 138 Å². The Labute approximate surface area is 449 Å². The maximum Gasteiger partial charge on any atom is 0.380 e. The molecule has 11 heteroatoms. The van der Waals surface area contributed by atoms with Gasteiger partial charge >= 0.3 is 17.8 Å². The van der Waals surface area contributed by atoms with Crippen molar-refractivity contribution in [3.8, 4) is 59.5 Å². The molecule has 2 nitrogen and oxygen atoms in total. The van der Waals surface area contributed by atoms with Gasteiger partial charge in [-0.15, -0.1) is 34.0 Å². The molecule has 0 radical (unpaired) electrons. The number of nitrogens with zero attached hydrogens (tertiary/aromatic N) is 1. The summed E-state index contributed by atoms with van der Waals surface area (Å²) in [6.45, 7) is 9.54. The van der Waals surface area contributed by atoms with Gasteiger partial charge in [0.2, 0.25) is 0 Å². The zero-order valence-electron chi connectivity index (χ0n) is 43.3. The van der Waals surface area contributed by atoms with Crippen molar-refractivity contribution in [2.45, 2.75) is 148 Å². The third kappa shape index (κ3) is 9.51. The van der Waals surface area contributed by atoms with E-state index in [1.54, 1.807) is 54.7 Å². The summed E-state index contributed by atoms with van der Waals surface area (Å²) >= 11 is 3.85. The van der Waals surface area contributed by atoms with Crippen LogP contribution in [0.25, 0.3) is 75.1 Å². The van der Waals surface area contributed by atoms with Gasteiger partial charge in [-0.3, -0.25) is 0 Å². The molecule has 0 bridgehead atoms. The number of hydrogen-bond donors (Lipinski definition) is 1. The Bertz CT molecular complexity index is 3400. The molecule has 3 heterocycles. The molecule has 0 spiro atoms. The van der Waals surface area contributed by atoms with Gasteiger partial charge in [-0.2, -0.15) is 26.3 Å². The fourth-order valence-corrected chi connectivity index (χ4v) is 14.8. The number of hydrogen-bond acceptors (Lipinski definition) is 5. The van der Waals surface area contributed by atoms with E-state index in [9.17, 15) is 5.11 Å². The topological polar surface area (TPSA) is 33.1 Å². The molecule has 0 atom stereocenters. The van der Waals surface area contributed by atoms with Crippen LogP contribution in [-0.4, -0.2) is 27.9 Å². The van der Waals surface area contributed by atoms with E-state index in [1.807, 2.05) is 25.1 Å². The number of thiazole rings is 1. The van der Waals surface area contributed by atoms with E-state index < -0.39 is 34.3 Å². The van der Waals surface area contributed by atoms with Crippen molar-refractivity contribution in [1.29, 1.82) is 0 Å². The van der Waals surface area contributed by atoms with Gasteiger partial charge in [0.15, 0.2) is 0 Å². The summed E-state index contributed by atoms with van der Waals surface area (Å²) in [6.07, 6.45) is 15.4. The van der Waals surface area contributed by atoms with Crippen molar-refractivity contribution < 1.29 is 31.4 Å². The Hall–Kier alpha value is -5.49. The molecule has 75 heavy (non-hydrogen) atoms. The van der Waals surface area contributed by atoms with Crippen LogP contribution in [0.1, 0.15) is 141 Å². The number of aromatic hydroxyl groups is 1. The van der Waals surface area contributed by atoms with Crippen molar-refractivity contribution in [1.82, 2.24) is 4.98 Å². The average molecular weight is 1070 g/mol. The number of alkyl halides is 6. The van der Waals surface area contributed by atoms with E-state index >= 15 is 26.3 Å². The molecule has 5 aromatic carbocycles. The highest BCUT2D eigenvalue weighted by molar-refractivity contribution is 7.21. The molecule has 2 aliphatic carbocycles. The molecule has 0 saturated carbocycles. The van der Waals surface area contributed by atoms with Crippen LogP contribution in [-0.2, 0) is 5.41 Å². The summed E-state index contributed by atoms with van der Waals surface area (Å²) in [6, 6.07) is 36.7. The van der Waals surface area contributed by atoms with Crippen molar-refractivity contribution in [2.75, 3.05) is 0 Å². The summed E-state index contributed by atoms with van der Waals surface area (Å²) in [7, 11) is 0. The molecule has 0 unspecified atom stereocenters. The zero-order valence-corrected chi connectivity index (χ0v) is 45.7. The lowest BCUT2D eigenvalue weighted by Crippen LogP contribution is -2.48. The van der Waals surface area contributed by atoms with E-state index in [-0.39, 0.29) is 26.6 Å². The number of aromatic nitrogens is 1. The van der Waals surface area contributed by atoms with E-state index in [2.05, 4.69) is 62.4 Å². The molecule has 0 fully saturated rings. The van der Waals surface area contributed by atoms with Crippen LogP contribution in [0.15, 0.2) is 115 Å². The summed E-state index contributed by atoms with van der Waals surface area (Å²) in [4.78, 5) is 6.52. The fourth-order valence-electron chi connectivity index (χ4n) is 11.7. The third-order valence-corrected chi connectivity index (χ3v) is 19.0. The Kier molecular flexibility index (Phi) is 14.9. The van der Waals surface area contributed by atoms with Crippen LogP contribution in [0, 0.1) is 20.8 Å². The molecule has 390 valence electrons. The SMILES string of the molecule is CCCCCCCCC1(CCCCCCCC)c2cc(-c3ccc4nc(-c5cc(C)ccc5O)sc4c3)ccc2-c2ccc(-c3cc(C4=C(c5cc(-c6ccccc6)sc5C)C(F)(F)C(F)(F)C4(F)F)c(C)s3)cc21. The Balaban J connectivity index is 1.08. The lowest BCUT2D eigenvalue weighted by atomic mass is 9.70. The first kappa shape index (κ1) is 52.9. The summed E-state index contributed by atoms with van der Waals surface area (Å²) in [5.41, 5.74) is 7.29. The summed E-state index contributed by atoms with van der Waals surface area (Å²) in [5.74, 6) is -15.8. The Morgan fingerprint density at radius 2 is 0.973 bits per heavy atom. The number of benzene rings is 5. The minimum Gasteiger partial charge on any atom is -0.507 e. The largest absolute Gasteiger partial charge is 0.507 e. The van der Waals surface area contributed by atoms with Gasteiger partial charge in [0.05, 0.1) is 15.8 Å². The van der Waals surface area contributed by atoms with E-state index in [1.165, 1.54) is 61.6 Å². The number of unbranched alkanes of at least 4 members (excludes halogenated alkanes) is 10. The van der Waals surface area contributed by atoms with Crippen LogP contribution >= 0.6 is 34.0 Å². The van der Waals surface area contributed by atoms with Crippen molar-refractivity contribution in [3.05, 3.63) is 153 Å². The number of phenols is 1. The second-order valence-electron chi connectivity index (χ2n) is 20.9. The van der Waals surface area contributed by atoms with Crippen LogP contribution in [0.3, 0.4) is 0 Å². The highest BCUT2D eigenvalue weighted by atomic mass is 32.1. The molecule has 3 aromatic heterocycles. The minimum absolute atomic E-state index is 0.196. The van der Waals surface area contributed by atoms with Crippen LogP contribution in [0.5, 0.6) is 5.75 Å². The van der Waals surface area contributed by atoms with Crippen molar-refractivity contribution >= 4 is 55.4 Å². The zero-order chi connectivity index (χ0) is 52.9. The molecule has 1 N–H and O–H groups in total.